The van der Waals surface area contributed by atoms with Crippen LogP contribution in [0, 0.1) is 0 Å². The summed E-state index contributed by atoms with van der Waals surface area (Å²) in [7, 11) is 2.20. The molecule has 1 atom stereocenters. The molecule has 1 heterocycles. The molecule has 0 aromatic rings. The van der Waals surface area contributed by atoms with E-state index < -0.39 is 0 Å². The summed E-state index contributed by atoms with van der Waals surface area (Å²) < 4.78 is 0. The molecule has 0 radical (unpaired) electrons. The number of aliphatic hydroxyl groups excluding tert-OH is 1. The van der Waals surface area contributed by atoms with E-state index in [1.54, 1.807) is 0 Å². The fourth-order valence-corrected chi connectivity index (χ4v) is 2.71. The molecule has 0 saturated carbocycles. The monoisotopic (exact) mass is 257 g/mol. The molecule has 1 rings (SSSR count). The highest BCUT2D eigenvalue weighted by molar-refractivity contribution is 4.80. The number of likely N-dealkylation sites (N-methyl/N-ethyl adjacent to an activating group) is 1. The molecule has 0 amide bonds. The number of likely N-dealkylation sites (tertiary alicyclic amines) is 1. The van der Waals surface area contributed by atoms with Crippen molar-refractivity contribution in [3.8, 4) is 0 Å². The van der Waals surface area contributed by atoms with Crippen molar-refractivity contribution < 1.29 is 5.11 Å². The molecular formula is C14H31N3O. The predicted molar refractivity (Wildman–Crippen MR) is 76.9 cm³/mol. The van der Waals surface area contributed by atoms with E-state index in [0.29, 0.717) is 6.04 Å². The molecule has 1 fully saturated rings. The fourth-order valence-electron chi connectivity index (χ4n) is 2.71. The lowest BCUT2D eigenvalue weighted by Crippen LogP contribution is -2.49. The van der Waals surface area contributed by atoms with Gasteiger partial charge in [0.15, 0.2) is 0 Å². The minimum absolute atomic E-state index is 0.221. The van der Waals surface area contributed by atoms with Gasteiger partial charge in [0, 0.05) is 18.6 Å². The topological polar surface area (TPSA) is 38.7 Å². The number of nitrogens with zero attached hydrogens (tertiary/aromatic N) is 2. The first kappa shape index (κ1) is 15.9. The van der Waals surface area contributed by atoms with Gasteiger partial charge in [-0.15, -0.1) is 0 Å². The van der Waals surface area contributed by atoms with Crippen LogP contribution in [0.2, 0.25) is 0 Å². The molecule has 0 bridgehead atoms. The van der Waals surface area contributed by atoms with Crippen molar-refractivity contribution in [2.75, 3.05) is 46.4 Å². The summed E-state index contributed by atoms with van der Waals surface area (Å²) in [6.45, 7) is 10.2. The summed E-state index contributed by atoms with van der Waals surface area (Å²) in [4.78, 5) is 4.94. The second kappa shape index (κ2) is 8.86. The molecule has 0 aliphatic carbocycles. The van der Waals surface area contributed by atoms with Gasteiger partial charge in [-0.25, -0.2) is 0 Å². The molecule has 108 valence electrons. The summed E-state index contributed by atoms with van der Waals surface area (Å²) in [6.07, 6.45) is 3.64. The van der Waals surface area contributed by atoms with Crippen molar-refractivity contribution in [3.63, 3.8) is 0 Å². The molecular weight excluding hydrogens is 226 g/mol. The van der Waals surface area contributed by atoms with Crippen LogP contribution in [0.4, 0.5) is 0 Å². The average Bonchev–Trinajstić information content (AvgIpc) is 2.43. The third-order valence-corrected chi connectivity index (χ3v) is 4.04. The summed E-state index contributed by atoms with van der Waals surface area (Å²) in [5.74, 6) is 0. The van der Waals surface area contributed by atoms with Crippen LogP contribution in [0.25, 0.3) is 0 Å². The lowest BCUT2D eigenvalue weighted by atomic mass is 10.0. The smallest absolute Gasteiger partial charge is 0.0597 e. The van der Waals surface area contributed by atoms with Crippen LogP contribution in [0.1, 0.15) is 33.1 Å². The Labute approximate surface area is 112 Å². The molecule has 1 aliphatic rings. The SMILES string of the molecule is CCCNC(CO)CN(C)C1CCN(CC)CC1. The van der Waals surface area contributed by atoms with Gasteiger partial charge in [0.05, 0.1) is 6.61 Å². The zero-order valence-corrected chi connectivity index (χ0v) is 12.4. The zero-order valence-electron chi connectivity index (χ0n) is 12.4. The van der Waals surface area contributed by atoms with Crippen LogP contribution in [-0.4, -0.2) is 73.4 Å². The quantitative estimate of drug-likeness (QED) is 0.673. The number of rotatable bonds is 8. The Bertz CT molecular complexity index is 205. The van der Waals surface area contributed by atoms with Crippen LogP contribution in [0.15, 0.2) is 0 Å². The summed E-state index contributed by atoms with van der Waals surface area (Å²) in [5, 5.41) is 12.8. The van der Waals surface area contributed by atoms with Gasteiger partial charge in [-0.2, -0.15) is 0 Å². The molecule has 18 heavy (non-hydrogen) atoms. The normalized spacial score (nSPS) is 20.5. The maximum atomic E-state index is 9.38. The largest absolute Gasteiger partial charge is 0.395 e. The molecule has 1 aliphatic heterocycles. The molecule has 1 unspecified atom stereocenters. The van der Waals surface area contributed by atoms with Gasteiger partial charge in [0.2, 0.25) is 0 Å². The lowest BCUT2D eigenvalue weighted by Gasteiger charge is -2.37. The second-order valence-corrected chi connectivity index (χ2v) is 5.44. The number of aliphatic hydroxyl groups is 1. The Morgan fingerprint density at radius 3 is 2.50 bits per heavy atom. The maximum Gasteiger partial charge on any atom is 0.0597 e. The highest BCUT2D eigenvalue weighted by Crippen LogP contribution is 2.15. The van der Waals surface area contributed by atoms with Crippen LogP contribution in [0.5, 0.6) is 0 Å². The Hall–Kier alpha value is -0.160. The van der Waals surface area contributed by atoms with E-state index in [0.717, 1.165) is 19.5 Å². The van der Waals surface area contributed by atoms with Crippen LogP contribution in [0.3, 0.4) is 0 Å². The van der Waals surface area contributed by atoms with E-state index in [2.05, 4.69) is 36.0 Å². The average molecular weight is 257 g/mol. The molecule has 4 nitrogen and oxygen atoms in total. The van der Waals surface area contributed by atoms with Gasteiger partial charge < -0.3 is 20.2 Å². The van der Waals surface area contributed by atoms with Crippen molar-refractivity contribution in [2.45, 2.75) is 45.2 Å². The van der Waals surface area contributed by atoms with E-state index in [9.17, 15) is 5.11 Å². The molecule has 4 heteroatoms. The van der Waals surface area contributed by atoms with Crippen molar-refractivity contribution in [1.82, 2.24) is 15.1 Å². The molecule has 0 aromatic heterocycles. The van der Waals surface area contributed by atoms with Gasteiger partial charge in [0.1, 0.15) is 0 Å². The Morgan fingerprint density at radius 2 is 2.00 bits per heavy atom. The summed E-state index contributed by atoms with van der Waals surface area (Å²) in [5.41, 5.74) is 0. The minimum atomic E-state index is 0.221. The van der Waals surface area contributed by atoms with Gasteiger partial charge >= 0.3 is 0 Å². The van der Waals surface area contributed by atoms with E-state index in [1.807, 2.05) is 0 Å². The van der Waals surface area contributed by atoms with Gasteiger partial charge in [-0.05, 0) is 52.5 Å². The summed E-state index contributed by atoms with van der Waals surface area (Å²) in [6, 6.07) is 0.907. The first-order valence-corrected chi connectivity index (χ1v) is 7.48. The lowest BCUT2D eigenvalue weighted by molar-refractivity contribution is 0.111. The predicted octanol–water partition coefficient (Wildman–Crippen LogP) is 0.763. The first-order valence-electron chi connectivity index (χ1n) is 7.48. The standard InChI is InChI=1S/C14H31N3O/c1-4-8-15-13(12-18)11-16(3)14-6-9-17(5-2)10-7-14/h13-15,18H,4-12H2,1-3H3. The third-order valence-electron chi connectivity index (χ3n) is 4.04. The first-order chi connectivity index (χ1) is 8.71. The highest BCUT2D eigenvalue weighted by Gasteiger charge is 2.23. The van der Waals surface area contributed by atoms with Crippen molar-refractivity contribution in [1.29, 1.82) is 0 Å². The van der Waals surface area contributed by atoms with E-state index in [4.69, 9.17) is 0 Å². The molecule has 0 spiro atoms. The van der Waals surface area contributed by atoms with Crippen LogP contribution >= 0.6 is 0 Å². The number of hydrogen-bond donors (Lipinski definition) is 2. The maximum absolute atomic E-state index is 9.38. The number of nitrogens with one attached hydrogen (secondary N) is 1. The van der Waals surface area contributed by atoms with Crippen molar-refractivity contribution >= 4 is 0 Å². The highest BCUT2D eigenvalue weighted by atomic mass is 16.3. The second-order valence-electron chi connectivity index (χ2n) is 5.44. The van der Waals surface area contributed by atoms with Gasteiger partial charge in [0.25, 0.3) is 0 Å². The molecule has 1 saturated heterocycles. The summed E-state index contributed by atoms with van der Waals surface area (Å²) >= 11 is 0. The van der Waals surface area contributed by atoms with Gasteiger partial charge in [-0.3, -0.25) is 0 Å². The van der Waals surface area contributed by atoms with Crippen molar-refractivity contribution in [3.05, 3.63) is 0 Å². The Kier molecular flexibility index (Phi) is 7.82. The Morgan fingerprint density at radius 1 is 1.33 bits per heavy atom. The Balaban J connectivity index is 2.28. The minimum Gasteiger partial charge on any atom is -0.395 e. The van der Waals surface area contributed by atoms with E-state index in [1.165, 1.54) is 32.5 Å². The molecule has 2 N–H and O–H groups in total. The van der Waals surface area contributed by atoms with Crippen LogP contribution < -0.4 is 5.32 Å². The van der Waals surface area contributed by atoms with E-state index in [-0.39, 0.29) is 12.6 Å². The fraction of sp³-hybridized carbons (Fsp3) is 1.00. The zero-order chi connectivity index (χ0) is 13.4. The number of piperidine rings is 1. The third kappa shape index (κ3) is 5.22. The van der Waals surface area contributed by atoms with Gasteiger partial charge in [-0.1, -0.05) is 13.8 Å². The van der Waals surface area contributed by atoms with E-state index >= 15 is 0 Å². The van der Waals surface area contributed by atoms with Crippen LogP contribution in [-0.2, 0) is 0 Å². The van der Waals surface area contributed by atoms with Crippen molar-refractivity contribution in [2.24, 2.45) is 0 Å². The number of hydrogen-bond acceptors (Lipinski definition) is 4. The molecule has 0 aromatic carbocycles.